The number of carboxylic acid groups (broad SMARTS) is 1. The summed E-state index contributed by atoms with van der Waals surface area (Å²) in [6.45, 7) is 7.74. The van der Waals surface area contributed by atoms with Gasteiger partial charge in [0, 0.05) is 5.69 Å². The molecule has 0 bridgehead atoms. The number of benzene rings is 1. The van der Waals surface area contributed by atoms with E-state index in [1.807, 2.05) is 32.0 Å². The Morgan fingerprint density at radius 1 is 1.47 bits per heavy atom. The number of rotatable bonds is 5. The first-order chi connectivity index (χ1) is 7.86. The van der Waals surface area contributed by atoms with Gasteiger partial charge in [0.2, 0.25) is 0 Å². The van der Waals surface area contributed by atoms with Crippen LogP contribution in [0.25, 0.3) is 0 Å². The van der Waals surface area contributed by atoms with Crippen molar-refractivity contribution in [2.75, 3.05) is 11.9 Å². The lowest BCUT2D eigenvalue weighted by atomic mass is 10.1. The monoisotopic (exact) mass is 237 g/mol. The van der Waals surface area contributed by atoms with E-state index in [9.17, 15) is 4.79 Å². The van der Waals surface area contributed by atoms with E-state index >= 15 is 0 Å². The van der Waals surface area contributed by atoms with Gasteiger partial charge in [-0.2, -0.15) is 0 Å². The van der Waals surface area contributed by atoms with Crippen LogP contribution in [-0.4, -0.2) is 23.2 Å². The van der Waals surface area contributed by atoms with Crippen molar-refractivity contribution in [1.82, 2.24) is 0 Å². The molecule has 0 unspecified atom stereocenters. The number of hydrogen-bond acceptors (Lipinski definition) is 3. The molecule has 94 valence electrons. The van der Waals surface area contributed by atoms with Gasteiger partial charge in [0.15, 0.2) is 0 Å². The van der Waals surface area contributed by atoms with Crippen molar-refractivity contribution in [1.29, 1.82) is 0 Å². The van der Waals surface area contributed by atoms with Crippen LogP contribution in [0.5, 0.6) is 5.75 Å². The molecule has 17 heavy (non-hydrogen) atoms. The maximum Gasteiger partial charge on any atom is 0.328 e. The average molecular weight is 237 g/mol. The third-order valence-corrected chi connectivity index (χ3v) is 2.47. The van der Waals surface area contributed by atoms with Gasteiger partial charge in [0.1, 0.15) is 11.3 Å². The zero-order valence-corrected chi connectivity index (χ0v) is 10.7. The highest BCUT2D eigenvalue weighted by atomic mass is 16.5. The minimum Gasteiger partial charge on any atom is -0.494 e. The highest BCUT2D eigenvalue weighted by molar-refractivity contribution is 5.81. The van der Waals surface area contributed by atoms with Gasteiger partial charge in [-0.1, -0.05) is 0 Å². The number of carboxylic acids is 1. The molecule has 1 rings (SSSR count). The number of ether oxygens (including phenoxy) is 1. The molecule has 0 saturated carbocycles. The Hall–Kier alpha value is -1.71. The molecule has 1 aromatic rings. The van der Waals surface area contributed by atoms with Crippen LogP contribution in [0.4, 0.5) is 5.69 Å². The van der Waals surface area contributed by atoms with Crippen molar-refractivity contribution >= 4 is 11.7 Å². The molecule has 0 atom stereocenters. The Bertz CT molecular complexity index is 413. The van der Waals surface area contributed by atoms with Gasteiger partial charge in [-0.05, 0) is 51.5 Å². The molecule has 4 nitrogen and oxygen atoms in total. The number of anilines is 1. The average Bonchev–Trinajstić information content (AvgIpc) is 2.21. The molecule has 0 aliphatic heterocycles. The first-order valence-electron chi connectivity index (χ1n) is 5.62. The molecule has 0 radical (unpaired) electrons. The van der Waals surface area contributed by atoms with Gasteiger partial charge >= 0.3 is 5.97 Å². The van der Waals surface area contributed by atoms with Crippen LogP contribution >= 0.6 is 0 Å². The summed E-state index contributed by atoms with van der Waals surface area (Å²) >= 11 is 0. The summed E-state index contributed by atoms with van der Waals surface area (Å²) in [5, 5.41) is 12.0. The molecule has 1 aromatic carbocycles. The van der Waals surface area contributed by atoms with Crippen molar-refractivity contribution in [2.45, 2.75) is 33.2 Å². The minimum atomic E-state index is -0.987. The van der Waals surface area contributed by atoms with Crippen LogP contribution in [0.3, 0.4) is 0 Å². The van der Waals surface area contributed by atoms with E-state index in [0.29, 0.717) is 6.61 Å². The van der Waals surface area contributed by atoms with E-state index < -0.39 is 11.5 Å². The van der Waals surface area contributed by atoms with Gasteiger partial charge in [0.05, 0.1) is 6.61 Å². The summed E-state index contributed by atoms with van der Waals surface area (Å²) in [6, 6.07) is 5.55. The van der Waals surface area contributed by atoms with Gasteiger partial charge in [-0.15, -0.1) is 0 Å². The van der Waals surface area contributed by atoms with Crippen LogP contribution in [0, 0.1) is 6.92 Å². The largest absolute Gasteiger partial charge is 0.494 e. The van der Waals surface area contributed by atoms with Gasteiger partial charge < -0.3 is 15.2 Å². The Kier molecular flexibility index (Phi) is 3.99. The zero-order valence-electron chi connectivity index (χ0n) is 10.7. The molecule has 0 spiro atoms. The van der Waals surface area contributed by atoms with E-state index in [1.54, 1.807) is 13.8 Å². The van der Waals surface area contributed by atoms with E-state index in [4.69, 9.17) is 9.84 Å². The molecular weight excluding hydrogens is 218 g/mol. The number of nitrogens with one attached hydrogen (secondary N) is 1. The van der Waals surface area contributed by atoms with Crippen molar-refractivity contribution in [3.8, 4) is 5.75 Å². The fourth-order valence-corrected chi connectivity index (χ4v) is 1.46. The molecule has 0 aliphatic carbocycles. The highest BCUT2D eigenvalue weighted by Gasteiger charge is 2.26. The van der Waals surface area contributed by atoms with Gasteiger partial charge in [-0.25, -0.2) is 4.79 Å². The molecule has 0 heterocycles. The third kappa shape index (κ3) is 3.37. The fourth-order valence-electron chi connectivity index (χ4n) is 1.46. The predicted molar refractivity (Wildman–Crippen MR) is 67.7 cm³/mol. The number of aryl methyl sites for hydroxylation is 1. The first-order valence-corrected chi connectivity index (χ1v) is 5.62. The fraction of sp³-hybridized carbons (Fsp3) is 0.462. The van der Waals surface area contributed by atoms with Crippen molar-refractivity contribution < 1.29 is 14.6 Å². The number of hydrogen-bond donors (Lipinski definition) is 2. The normalized spacial score (nSPS) is 11.1. The molecule has 0 saturated heterocycles. The second-order valence-corrected chi connectivity index (χ2v) is 4.47. The summed E-state index contributed by atoms with van der Waals surface area (Å²) in [6.07, 6.45) is 0. The van der Waals surface area contributed by atoms with Gasteiger partial charge in [0.25, 0.3) is 0 Å². The van der Waals surface area contributed by atoms with Crippen molar-refractivity contribution in [2.24, 2.45) is 0 Å². The second-order valence-electron chi connectivity index (χ2n) is 4.47. The molecule has 0 fully saturated rings. The first kappa shape index (κ1) is 13.4. The molecule has 2 N–H and O–H groups in total. The van der Waals surface area contributed by atoms with Crippen LogP contribution in [0.1, 0.15) is 26.3 Å². The smallest absolute Gasteiger partial charge is 0.328 e. The third-order valence-electron chi connectivity index (χ3n) is 2.47. The molecule has 0 aromatic heterocycles. The number of aliphatic carboxylic acids is 1. The SMILES string of the molecule is CCOc1ccc(NC(C)(C)C(=O)O)cc1C. The van der Waals surface area contributed by atoms with Gasteiger partial charge in [-0.3, -0.25) is 0 Å². The Morgan fingerprint density at radius 2 is 2.12 bits per heavy atom. The quantitative estimate of drug-likeness (QED) is 0.826. The summed E-state index contributed by atoms with van der Waals surface area (Å²) in [5.41, 5.74) is 0.774. The van der Waals surface area contributed by atoms with E-state index in [0.717, 1.165) is 17.0 Å². The maximum absolute atomic E-state index is 11.0. The summed E-state index contributed by atoms with van der Waals surface area (Å²) in [4.78, 5) is 11.0. The Morgan fingerprint density at radius 3 is 2.59 bits per heavy atom. The van der Waals surface area contributed by atoms with Crippen LogP contribution in [-0.2, 0) is 4.79 Å². The van der Waals surface area contributed by atoms with E-state index in [-0.39, 0.29) is 0 Å². The van der Waals surface area contributed by atoms with Crippen molar-refractivity contribution in [3.05, 3.63) is 23.8 Å². The van der Waals surface area contributed by atoms with E-state index in [2.05, 4.69) is 5.32 Å². The lowest BCUT2D eigenvalue weighted by Gasteiger charge is -2.23. The Labute approximate surface area is 102 Å². The van der Waals surface area contributed by atoms with Crippen LogP contribution in [0.2, 0.25) is 0 Å². The molecule has 0 amide bonds. The van der Waals surface area contributed by atoms with E-state index in [1.165, 1.54) is 0 Å². The molecular formula is C13H19NO3. The maximum atomic E-state index is 11.0. The van der Waals surface area contributed by atoms with Crippen LogP contribution < -0.4 is 10.1 Å². The molecule has 0 aliphatic rings. The summed E-state index contributed by atoms with van der Waals surface area (Å²) in [5.74, 6) is -0.0600. The topological polar surface area (TPSA) is 58.6 Å². The van der Waals surface area contributed by atoms with Crippen molar-refractivity contribution in [3.63, 3.8) is 0 Å². The lowest BCUT2D eigenvalue weighted by molar-refractivity contribution is -0.141. The molecule has 4 heteroatoms. The number of carbonyl (C=O) groups is 1. The summed E-state index contributed by atoms with van der Waals surface area (Å²) in [7, 11) is 0. The predicted octanol–water partition coefficient (Wildman–Crippen LogP) is 2.67. The lowest BCUT2D eigenvalue weighted by Crippen LogP contribution is -2.39. The second kappa shape index (κ2) is 5.08. The standard InChI is InChI=1S/C13H19NO3/c1-5-17-11-7-6-10(8-9(11)2)14-13(3,4)12(15)16/h6-8,14H,5H2,1-4H3,(H,15,16). The minimum absolute atomic E-state index is 0.619. The Balaban J connectivity index is 2.87. The highest BCUT2D eigenvalue weighted by Crippen LogP contribution is 2.24. The summed E-state index contributed by atoms with van der Waals surface area (Å²) < 4.78 is 5.43. The van der Waals surface area contributed by atoms with Crippen LogP contribution in [0.15, 0.2) is 18.2 Å². The zero-order chi connectivity index (χ0) is 13.1.